The number of carbonyl (C=O) groups excluding carboxylic acids is 2. The molecule has 1 aliphatic heterocycles. The van der Waals surface area contributed by atoms with Crippen LogP contribution in [-0.4, -0.2) is 30.9 Å². The number of rotatable bonds is 4. The molecule has 1 atom stereocenters. The molecule has 0 spiro atoms. The lowest BCUT2D eigenvalue weighted by Crippen LogP contribution is -2.51. The zero-order chi connectivity index (χ0) is 13.7. The highest BCUT2D eigenvalue weighted by atomic mass is 35.5. The summed E-state index contributed by atoms with van der Waals surface area (Å²) in [6.07, 6.45) is 7.78. The van der Waals surface area contributed by atoms with Crippen molar-refractivity contribution < 1.29 is 9.59 Å². The maximum atomic E-state index is 12.1. The summed E-state index contributed by atoms with van der Waals surface area (Å²) in [5.74, 6) is -0.0700. The van der Waals surface area contributed by atoms with Gasteiger partial charge in [-0.2, -0.15) is 0 Å². The van der Waals surface area contributed by atoms with Crippen LogP contribution in [0.3, 0.4) is 0 Å². The molecule has 1 saturated carbocycles. The maximum absolute atomic E-state index is 12.1. The summed E-state index contributed by atoms with van der Waals surface area (Å²) >= 11 is 0. The molecule has 0 aromatic rings. The predicted octanol–water partition coefficient (Wildman–Crippen LogP) is 1.10. The minimum Gasteiger partial charge on any atom is -0.354 e. The van der Waals surface area contributed by atoms with E-state index in [9.17, 15) is 9.59 Å². The summed E-state index contributed by atoms with van der Waals surface area (Å²) in [6.45, 7) is 1.29. The lowest BCUT2D eigenvalue weighted by molar-refractivity contribution is -0.131. The molecule has 4 N–H and O–H groups in total. The normalized spacial score (nSPS) is 25.2. The Kier molecular flexibility index (Phi) is 6.76. The second-order valence-corrected chi connectivity index (χ2v) is 5.99. The smallest absolute Gasteiger partial charge is 0.242 e. The van der Waals surface area contributed by atoms with Gasteiger partial charge in [0.25, 0.3) is 0 Å². The quantitative estimate of drug-likeness (QED) is 0.727. The van der Waals surface area contributed by atoms with Gasteiger partial charge in [-0.3, -0.25) is 9.59 Å². The fraction of sp³-hybridized carbons (Fsp3) is 0.857. The minimum absolute atomic E-state index is 0. The number of halogens is 1. The third kappa shape index (κ3) is 4.35. The summed E-state index contributed by atoms with van der Waals surface area (Å²) in [4.78, 5) is 23.8. The van der Waals surface area contributed by atoms with Gasteiger partial charge in [0.1, 0.15) is 6.04 Å². The molecule has 1 saturated heterocycles. The number of nitrogens with two attached hydrogens (primary N) is 1. The monoisotopic (exact) mass is 303 g/mol. The molecule has 0 radical (unpaired) electrons. The largest absolute Gasteiger partial charge is 0.354 e. The van der Waals surface area contributed by atoms with Crippen molar-refractivity contribution in [2.24, 2.45) is 11.1 Å². The van der Waals surface area contributed by atoms with Gasteiger partial charge in [0.05, 0.1) is 0 Å². The van der Waals surface area contributed by atoms with E-state index in [0.29, 0.717) is 13.0 Å². The summed E-state index contributed by atoms with van der Waals surface area (Å²) < 4.78 is 0. The van der Waals surface area contributed by atoms with Crippen LogP contribution in [0.25, 0.3) is 0 Å². The lowest BCUT2D eigenvalue weighted by atomic mass is 9.71. The van der Waals surface area contributed by atoms with Crippen molar-refractivity contribution in [3.8, 4) is 0 Å². The number of hydrogen-bond donors (Lipinski definition) is 3. The zero-order valence-corrected chi connectivity index (χ0v) is 12.8. The van der Waals surface area contributed by atoms with E-state index in [1.54, 1.807) is 0 Å². The van der Waals surface area contributed by atoms with E-state index >= 15 is 0 Å². The third-order valence-corrected chi connectivity index (χ3v) is 4.50. The molecule has 5 nitrogen and oxygen atoms in total. The first kappa shape index (κ1) is 17.2. The van der Waals surface area contributed by atoms with Crippen molar-refractivity contribution in [1.82, 2.24) is 10.6 Å². The van der Waals surface area contributed by atoms with E-state index in [2.05, 4.69) is 10.6 Å². The molecular weight excluding hydrogens is 278 g/mol. The van der Waals surface area contributed by atoms with Crippen molar-refractivity contribution in [3.05, 3.63) is 0 Å². The first-order valence-corrected chi connectivity index (χ1v) is 7.42. The van der Waals surface area contributed by atoms with Crippen LogP contribution in [0.15, 0.2) is 0 Å². The van der Waals surface area contributed by atoms with Crippen LogP contribution < -0.4 is 16.4 Å². The Bertz CT molecular complexity index is 343. The molecule has 2 fully saturated rings. The van der Waals surface area contributed by atoms with Gasteiger partial charge in [0.2, 0.25) is 11.8 Å². The Morgan fingerprint density at radius 3 is 2.60 bits per heavy atom. The highest BCUT2D eigenvalue weighted by Gasteiger charge is 2.34. The molecule has 1 unspecified atom stereocenters. The average Bonchev–Trinajstić information content (AvgIpc) is 2.42. The first-order chi connectivity index (χ1) is 9.15. The predicted molar refractivity (Wildman–Crippen MR) is 80.6 cm³/mol. The van der Waals surface area contributed by atoms with Crippen LogP contribution in [0.4, 0.5) is 0 Å². The first-order valence-electron chi connectivity index (χ1n) is 7.42. The molecule has 2 aliphatic rings. The van der Waals surface area contributed by atoms with Gasteiger partial charge in [0, 0.05) is 13.0 Å². The Morgan fingerprint density at radius 1 is 1.30 bits per heavy atom. The van der Waals surface area contributed by atoms with Gasteiger partial charge in [-0.15, -0.1) is 12.4 Å². The molecule has 1 heterocycles. The van der Waals surface area contributed by atoms with Gasteiger partial charge in [0.15, 0.2) is 0 Å². The van der Waals surface area contributed by atoms with Crippen LogP contribution >= 0.6 is 12.4 Å². The summed E-state index contributed by atoms with van der Waals surface area (Å²) in [6, 6.07) is -0.348. The molecule has 6 heteroatoms. The third-order valence-electron chi connectivity index (χ3n) is 4.50. The van der Waals surface area contributed by atoms with E-state index in [1.165, 1.54) is 6.42 Å². The van der Waals surface area contributed by atoms with Crippen molar-refractivity contribution in [2.45, 2.75) is 57.4 Å². The van der Waals surface area contributed by atoms with Crippen molar-refractivity contribution in [2.75, 3.05) is 13.1 Å². The highest BCUT2D eigenvalue weighted by Crippen LogP contribution is 2.38. The number of nitrogens with one attached hydrogen (secondary N) is 2. The van der Waals surface area contributed by atoms with Gasteiger partial charge >= 0.3 is 0 Å². The van der Waals surface area contributed by atoms with Crippen LogP contribution in [0.2, 0.25) is 0 Å². The van der Waals surface area contributed by atoms with Crippen LogP contribution in [0.1, 0.15) is 51.4 Å². The van der Waals surface area contributed by atoms with Gasteiger partial charge in [-0.05, 0) is 37.6 Å². The van der Waals surface area contributed by atoms with E-state index in [0.717, 1.165) is 45.1 Å². The van der Waals surface area contributed by atoms with Crippen LogP contribution in [0.5, 0.6) is 0 Å². The van der Waals surface area contributed by atoms with Gasteiger partial charge < -0.3 is 16.4 Å². The SMILES string of the molecule is Cl.NCC1(CC(=O)NC2CCCNC2=O)CCCCC1. The number of piperidine rings is 1. The molecule has 0 bridgehead atoms. The molecule has 2 rings (SSSR count). The van der Waals surface area contributed by atoms with Crippen molar-refractivity contribution in [1.29, 1.82) is 0 Å². The summed E-state index contributed by atoms with van der Waals surface area (Å²) in [7, 11) is 0. The van der Waals surface area contributed by atoms with E-state index in [4.69, 9.17) is 5.73 Å². The van der Waals surface area contributed by atoms with Crippen LogP contribution in [0, 0.1) is 5.41 Å². The molecule has 20 heavy (non-hydrogen) atoms. The maximum Gasteiger partial charge on any atom is 0.242 e. The molecule has 2 amide bonds. The zero-order valence-electron chi connectivity index (χ0n) is 12.0. The van der Waals surface area contributed by atoms with E-state index in [1.807, 2.05) is 0 Å². The number of hydrogen-bond acceptors (Lipinski definition) is 3. The lowest BCUT2D eigenvalue weighted by Gasteiger charge is -2.36. The Hall–Kier alpha value is -0.810. The van der Waals surface area contributed by atoms with Crippen molar-refractivity contribution >= 4 is 24.2 Å². The molecular formula is C14H26ClN3O2. The Labute approximate surface area is 126 Å². The highest BCUT2D eigenvalue weighted by molar-refractivity contribution is 5.88. The summed E-state index contributed by atoms with van der Waals surface area (Å²) in [5, 5.41) is 5.65. The fourth-order valence-electron chi connectivity index (χ4n) is 3.25. The van der Waals surface area contributed by atoms with Crippen molar-refractivity contribution in [3.63, 3.8) is 0 Å². The topological polar surface area (TPSA) is 84.2 Å². The number of amides is 2. The van der Waals surface area contributed by atoms with Gasteiger partial charge in [-0.25, -0.2) is 0 Å². The van der Waals surface area contributed by atoms with Gasteiger partial charge in [-0.1, -0.05) is 19.3 Å². The standard InChI is InChI=1S/C14H25N3O2.ClH/c15-10-14(6-2-1-3-7-14)9-12(18)17-11-5-4-8-16-13(11)19;/h11H,1-10,15H2,(H,16,19)(H,17,18);1H. The van der Waals surface area contributed by atoms with E-state index in [-0.39, 0.29) is 35.7 Å². The summed E-state index contributed by atoms with van der Waals surface area (Å²) in [5.41, 5.74) is 5.85. The number of carbonyl (C=O) groups is 2. The molecule has 1 aliphatic carbocycles. The fourth-order valence-corrected chi connectivity index (χ4v) is 3.25. The Balaban J connectivity index is 0.00000200. The molecule has 0 aromatic heterocycles. The minimum atomic E-state index is -0.348. The second kappa shape index (κ2) is 7.84. The second-order valence-electron chi connectivity index (χ2n) is 5.99. The van der Waals surface area contributed by atoms with E-state index < -0.39 is 0 Å². The Morgan fingerprint density at radius 2 is 2.00 bits per heavy atom. The molecule has 116 valence electrons. The van der Waals surface area contributed by atoms with Crippen LogP contribution in [-0.2, 0) is 9.59 Å². The average molecular weight is 304 g/mol. The molecule has 0 aromatic carbocycles.